The smallest absolute Gasteiger partial charge is 0.312 e. The fourth-order valence-electron chi connectivity index (χ4n) is 7.54. The number of fused-ring (bicyclic) bond motifs is 1. The highest BCUT2D eigenvalue weighted by Gasteiger charge is 2.80. The van der Waals surface area contributed by atoms with E-state index in [-0.39, 0.29) is 37.5 Å². The minimum absolute atomic E-state index is 0.118. The summed E-state index contributed by atoms with van der Waals surface area (Å²) in [6, 6.07) is 17.5. The third-order valence-corrected chi connectivity index (χ3v) is 9.60. The Hall–Kier alpha value is -3.75. The molecule has 1 N–H and O–H groups in total. The minimum Gasteiger partial charge on any atom is -0.465 e. The van der Waals surface area contributed by atoms with E-state index in [2.05, 4.69) is 13.2 Å². The van der Waals surface area contributed by atoms with Gasteiger partial charge in [-0.05, 0) is 43.2 Å². The Morgan fingerprint density at radius 3 is 2.37 bits per heavy atom. The summed E-state index contributed by atoms with van der Waals surface area (Å²) in [5.74, 6) is -3.05. The van der Waals surface area contributed by atoms with E-state index in [9.17, 15) is 19.5 Å². The lowest BCUT2D eigenvalue weighted by molar-refractivity contribution is -0.163. The van der Waals surface area contributed by atoms with Crippen LogP contribution < -0.4 is 0 Å². The van der Waals surface area contributed by atoms with Crippen LogP contribution in [0.1, 0.15) is 37.8 Å². The van der Waals surface area contributed by atoms with Gasteiger partial charge in [0.15, 0.2) is 0 Å². The van der Waals surface area contributed by atoms with E-state index in [4.69, 9.17) is 9.47 Å². The normalized spacial score (nSPS) is 29.7. The van der Waals surface area contributed by atoms with Crippen molar-refractivity contribution in [1.82, 2.24) is 9.80 Å². The molecule has 7 atom stereocenters. The third-order valence-electron chi connectivity index (χ3n) is 9.60. The van der Waals surface area contributed by atoms with Crippen molar-refractivity contribution in [2.45, 2.75) is 62.9 Å². The molecule has 228 valence electrons. The fraction of sp³-hybridized carbons (Fsp3) is 0.457. The number of carbonyl (C=O) groups excluding carboxylic acids is 3. The highest BCUT2D eigenvalue weighted by Crippen LogP contribution is 2.65. The highest BCUT2D eigenvalue weighted by molar-refractivity contribution is 5.99. The van der Waals surface area contributed by atoms with Crippen molar-refractivity contribution in [3.05, 3.63) is 97.1 Å². The van der Waals surface area contributed by atoms with Gasteiger partial charge in [0.1, 0.15) is 17.6 Å². The molecule has 3 saturated heterocycles. The largest absolute Gasteiger partial charge is 0.465 e. The Morgan fingerprint density at radius 2 is 1.77 bits per heavy atom. The number of carbonyl (C=O) groups is 3. The number of aliphatic hydroxyl groups is 1. The molecule has 2 bridgehead atoms. The predicted molar refractivity (Wildman–Crippen MR) is 162 cm³/mol. The zero-order valence-electron chi connectivity index (χ0n) is 25.1. The summed E-state index contributed by atoms with van der Waals surface area (Å²) in [5, 5.41) is 10.7. The van der Waals surface area contributed by atoms with Gasteiger partial charge in [0.2, 0.25) is 11.8 Å². The minimum atomic E-state index is -1.25. The number of esters is 1. The molecule has 3 heterocycles. The van der Waals surface area contributed by atoms with Crippen LogP contribution in [-0.4, -0.2) is 75.7 Å². The van der Waals surface area contributed by atoms with Gasteiger partial charge in [0.25, 0.3) is 0 Å². The Kier molecular flexibility index (Phi) is 8.90. The van der Waals surface area contributed by atoms with Gasteiger partial charge in [0, 0.05) is 13.1 Å². The molecule has 8 heteroatoms. The van der Waals surface area contributed by atoms with E-state index < -0.39 is 41.1 Å². The first-order valence-corrected chi connectivity index (χ1v) is 15.1. The third kappa shape index (κ3) is 5.31. The lowest BCUT2D eigenvalue weighted by Crippen LogP contribution is -2.59. The van der Waals surface area contributed by atoms with Crippen LogP contribution in [0.5, 0.6) is 0 Å². The molecule has 3 aliphatic heterocycles. The summed E-state index contributed by atoms with van der Waals surface area (Å²) < 4.78 is 12.5. The zero-order chi connectivity index (χ0) is 30.8. The molecule has 0 aliphatic carbocycles. The van der Waals surface area contributed by atoms with Gasteiger partial charge in [-0.25, -0.2) is 0 Å². The SMILES string of the molecule is C=CCCOC(=O)[C@@H]1[C@H]2C(=O)N([C@@H](CO)Cc3ccccc3)C(C(=O)N(CC=C)Cc3ccccc3)C23CC(C)[C@@]1(C)O3. The first-order valence-electron chi connectivity index (χ1n) is 15.1. The van der Waals surface area contributed by atoms with E-state index in [1.807, 2.05) is 74.5 Å². The second-order valence-electron chi connectivity index (χ2n) is 12.2. The average Bonchev–Trinajstić information content (AvgIpc) is 3.53. The summed E-state index contributed by atoms with van der Waals surface area (Å²) in [6.45, 7) is 11.8. The van der Waals surface area contributed by atoms with Crippen molar-refractivity contribution < 1.29 is 29.0 Å². The number of nitrogens with zero attached hydrogens (tertiary/aromatic N) is 2. The standard InChI is InChI=1S/C35H42N2O6/c1-5-7-19-42-33(41)29-28-31(39)37(27(23-38)20-25-14-10-8-11-15-25)30(35(28)21-24(3)34(29,4)43-35)32(40)36(18-6-2)22-26-16-12-9-13-17-26/h5-6,8-17,24,27-30,38H,1-2,7,18-23H2,3-4H3/t24?,27-,28+,29+,30?,34-,35?/m1/s1. The Bertz CT molecular complexity index is 1350. The van der Waals surface area contributed by atoms with Crippen molar-refractivity contribution in [2.75, 3.05) is 19.8 Å². The zero-order valence-corrected chi connectivity index (χ0v) is 25.1. The lowest BCUT2D eigenvalue weighted by atomic mass is 9.62. The highest BCUT2D eigenvalue weighted by atomic mass is 16.6. The van der Waals surface area contributed by atoms with Crippen molar-refractivity contribution in [3.8, 4) is 0 Å². The van der Waals surface area contributed by atoms with E-state index in [1.54, 1.807) is 17.1 Å². The molecule has 2 aromatic rings. The van der Waals surface area contributed by atoms with Gasteiger partial charge < -0.3 is 24.4 Å². The van der Waals surface area contributed by atoms with Gasteiger partial charge in [-0.15, -0.1) is 13.2 Å². The van der Waals surface area contributed by atoms with Crippen molar-refractivity contribution in [3.63, 3.8) is 0 Å². The molecular weight excluding hydrogens is 544 g/mol. The van der Waals surface area contributed by atoms with Crippen LogP contribution in [0.25, 0.3) is 0 Å². The van der Waals surface area contributed by atoms with Crippen LogP contribution in [0.3, 0.4) is 0 Å². The van der Waals surface area contributed by atoms with E-state index >= 15 is 0 Å². The van der Waals surface area contributed by atoms with E-state index in [0.29, 0.717) is 25.8 Å². The summed E-state index contributed by atoms with van der Waals surface area (Å²) in [6.07, 6.45) is 4.60. The maximum atomic E-state index is 14.8. The molecule has 2 amide bonds. The monoisotopic (exact) mass is 586 g/mol. The van der Waals surface area contributed by atoms with Crippen molar-refractivity contribution in [1.29, 1.82) is 0 Å². The average molecular weight is 587 g/mol. The van der Waals surface area contributed by atoms with Crippen LogP contribution in [0.4, 0.5) is 0 Å². The summed E-state index contributed by atoms with van der Waals surface area (Å²) in [7, 11) is 0. The Balaban J connectivity index is 1.59. The maximum Gasteiger partial charge on any atom is 0.312 e. The summed E-state index contributed by atoms with van der Waals surface area (Å²) >= 11 is 0. The number of aliphatic hydroxyl groups excluding tert-OH is 1. The van der Waals surface area contributed by atoms with Crippen LogP contribution in [0.2, 0.25) is 0 Å². The summed E-state index contributed by atoms with van der Waals surface area (Å²) in [5.41, 5.74) is -0.364. The molecule has 0 aromatic heterocycles. The second kappa shape index (κ2) is 12.5. The number of ether oxygens (including phenoxy) is 2. The molecule has 2 aromatic carbocycles. The number of amides is 2. The first kappa shape index (κ1) is 30.7. The van der Waals surface area contributed by atoms with Crippen LogP contribution in [0.15, 0.2) is 86.0 Å². The van der Waals surface area contributed by atoms with Gasteiger partial charge in [0.05, 0.1) is 30.8 Å². The number of hydrogen-bond donors (Lipinski definition) is 1. The molecule has 8 nitrogen and oxygen atoms in total. The predicted octanol–water partition coefficient (Wildman–Crippen LogP) is 3.93. The maximum absolute atomic E-state index is 14.8. The molecule has 0 saturated carbocycles. The molecule has 1 spiro atoms. The van der Waals surface area contributed by atoms with Crippen molar-refractivity contribution in [2.24, 2.45) is 17.8 Å². The number of likely N-dealkylation sites (tertiary alicyclic amines) is 1. The molecule has 3 fully saturated rings. The van der Waals surface area contributed by atoms with E-state index in [1.165, 1.54) is 4.90 Å². The molecule has 3 aliphatic rings. The molecule has 0 radical (unpaired) electrons. The van der Waals surface area contributed by atoms with Crippen LogP contribution in [-0.2, 0) is 36.8 Å². The molecule has 3 unspecified atom stereocenters. The quantitative estimate of drug-likeness (QED) is 0.217. The van der Waals surface area contributed by atoms with E-state index in [0.717, 1.165) is 11.1 Å². The first-order chi connectivity index (χ1) is 20.7. The lowest BCUT2D eigenvalue weighted by Gasteiger charge is -2.39. The van der Waals surface area contributed by atoms with Gasteiger partial charge >= 0.3 is 5.97 Å². The number of rotatable bonds is 13. The Morgan fingerprint density at radius 1 is 1.12 bits per heavy atom. The van der Waals surface area contributed by atoms with Crippen LogP contribution in [0, 0.1) is 17.8 Å². The molecule has 5 rings (SSSR count). The number of benzene rings is 2. The van der Waals surface area contributed by atoms with Gasteiger partial charge in [-0.1, -0.05) is 79.7 Å². The Labute approximate surface area is 254 Å². The molecule has 43 heavy (non-hydrogen) atoms. The number of hydrogen-bond acceptors (Lipinski definition) is 6. The van der Waals surface area contributed by atoms with Crippen LogP contribution >= 0.6 is 0 Å². The second-order valence-corrected chi connectivity index (χ2v) is 12.2. The molecular formula is C35H42N2O6. The fourth-order valence-corrected chi connectivity index (χ4v) is 7.54. The topological polar surface area (TPSA) is 96.4 Å². The summed E-state index contributed by atoms with van der Waals surface area (Å²) in [4.78, 5) is 46.3. The van der Waals surface area contributed by atoms with Crippen molar-refractivity contribution >= 4 is 17.8 Å². The van der Waals surface area contributed by atoms with Gasteiger partial charge in [-0.3, -0.25) is 14.4 Å². The van der Waals surface area contributed by atoms with Gasteiger partial charge in [-0.2, -0.15) is 0 Å².